The van der Waals surface area contributed by atoms with Crippen molar-refractivity contribution in [2.75, 3.05) is 0 Å². The molecule has 0 aliphatic carbocycles. The molecule has 1 N–H and O–H groups in total. The Morgan fingerprint density at radius 1 is 1.37 bits per heavy atom. The molecule has 0 heterocycles. The molecule has 0 aromatic heterocycles. The van der Waals surface area contributed by atoms with Gasteiger partial charge in [0.15, 0.2) is 0 Å². The second-order valence-corrected chi connectivity index (χ2v) is 5.70. The Morgan fingerprint density at radius 3 is 2.47 bits per heavy atom. The molecule has 0 saturated carbocycles. The third-order valence-corrected chi connectivity index (χ3v) is 2.81. The van der Waals surface area contributed by atoms with Gasteiger partial charge in [-0.1, -0.05) is 29.3 Å². The number of nitrogens with zero attached hydrogens (tertiary/aromatic N) is 1. The van der Waals surface area contributed by atoms with Crippen LogP contribution in [-0.4, -0.2) is 11.7 Å². The van der Waals surface area contributed by atoms with Crippen LogP contribution in [0, 0.1) is 11.3 Å². The van der Waals surface area contributed by atoms with Crippen LogP contribution in [-0.2, 0) is 4.74 Å². The van der Waals surface area contributed by atoms with Crippen LogP contribution in [0.4, 0.5) is 4.79 Å². The second kappa shape index (κ2) is 6.14. The number of hydrogen-bond donors (Lipinski definition) is 1. The zero-order valence-corrected chi connectivity index (χ0v) is 12.3. The summed E-state index contributed by atoms with van der Waals surface area (Å²) in [4.78, 5) is 11.6. The van der Waals surface area contributed by atoms with Gasteiger partial charge < -0.3 is 10.1 Å². The Bertz CT molecular complexity index is 518. The van der Waals surface area contributed by atoms with Crippen molar-refractivity contribution < 1.29 is 9.53 Å². The number of amides is 1. The van der Waals surface area contributed by atoms with Crippen LogP contribution in [0.1, 0.15) is 32.4 Å². The predicted octanol–water partition coefficient (Wildman–Crippen LogP) is 4.08. The Kier molecular flexibility index (Phi) is 5.04. The largest absolute Gasteiger partial charge is 0.444 e. The number of hydrogen-bond acceptors (Lipinski definition) is 3. The Morgan fingerprint density at radius 2 is 2.00 bits per heavy atom. The molecular weight excluding hydrogens is 287 g/mol. The first-order valence-electron chi connectivity index (χ1n) is 5.57. The summed E-state index contributed by atoms with van der Waals surface area (Å²) in [5.74, 6) is 0. The van der Waals surface area contributed by atoms with Gasteiger partial charge in [-0.3, -0.25) is 0 Å². The average Bonchev–Trinajstić information content (AvgIpc) is 2.27. The molecule has 0 saturated heterocycles. The van der Waals surface area contributed by atoms with E-state index in [0.29, 0.717) is 15.6 Å². The van der Waals surface area contributed by atoms with E-state index in [1.165, 1.54) is 6.07 Å². The molecule has 1 atom stereocenters. The smallest absolute Gasteiger partial charge is 0.408 e. The second-order valence-electron chi connectivity index (χ2n) is 4.88. The molecule has 6 heteroatoms. The molecule has 1 aromatic rings. The summed E-state index contributed by atoms with van der Waals surface area (Å²) >= 11 is 11.7. The molecule has 0 fully saturated rings. The molecule has 0 bridgehead atoms. The number of benzene rings is 1. The Balaban J connectivity index is 2.82. The van der Waals surface area contributed by atoms with Crippen LogP contribution in [0.15, 0.2) is 18.2 Å². The summed E-state index contributed by atoms with van der Waals surface area (Å²) in [5, 5.41) is 12.3. The maximum absolute atomic E-state index is 11.6. The summed E-state index contributed by atoms with van der Waals surface area (Å²) in [6, 6.07) is 5.86. The van der Waals surface area contributed by atoms with Gasteiger partial charge in [-0.15, -0.1) is 0 Å². The van der Waals surface area contributed by atoms with E-state index in [-0.39, 0.29) is 0 Å². The van der Waals surface area contributed by atoms with E-state index in [1.54, 1.807) is 32.9 Å². The van der Waals surface area contributed by atoms with Crippen LogP contribution < -0.4 is 5.32 Å². The summed E-state index contributed by atoms with van der Waals surface area (Å²) in [6.45, 7) is 5.23. The number of nitriles is 1. The van der Waals surface area contributed by atoms with Crippen molar-refractivity contribution in [3.8, 4) is 6.07 Å². The normalized spacial score (nSPS) is 12.4. The van der Waals surface area contributed by atoms with Gasteiger partial charge in [-0.2, -0.15) is 5.26 Å². The Labute approximate surface area is 122 Å². The third kappa shape index (κ3) is 4.98. The monoisotopic (exact) mass is 300 g/mol. The fraction of sp³-hybridized carbons (Fsp3) is 0.385. The number of carbonyl (C=O) groups excluding carboxylic acids is 1. The zero-order valence-electron chi connectivity index (χ0n) is 10.8. The van der Waals surface area contributed by atoms with E-state index in [1.807, 2.05) is 6.07 Å². The Hall–Kier alpha value is -1.44. The molecule has 1 aromatic carbocycles. The first-order valence-corrected chi connectivity index (χ1v) is 6.32. The molecular formula is C13H14Cl2N2O2. The van der Waals surface area contributed by atoms with Crippen molar-refractivity contribution in [2.45, 2.75) is 32.4 Å². The summed E-state index contributed by atoms with van der Waals surface area (Å²) in [7, 11) is 0. The van der Waals surface area contributed by atoms with Gasteiger partial charge in [0.1, 0.15) is 11.6 Å². The number of halogens is 2. The molecule has 1 amide bonds. The molecule has 0 aliphatic heterocycles. The summed E-state index contributed by atoms with van der Waals surface area (Å²) in [6.07, 6.45) is -0.662. The van der Waals surface area contributed by atoms with Crippen molar-refractivity contribution >= 4 is 29.3 Å². The van der Waals surface area contributed by atoms with Gasteiger partial charge in [0.25, 0.3) is 0 Å². The lowest BCUT2D eigenvalue weighted by Crippen LogP contribution is -2.34. The number of rotatable bonds is 2. The lowest BCUT2D eigenvalue weighted by molar-refractivity contribution is 0.0515. The first-order chi connectivity index (χ1) is 8.73. The quantitative estimate of drug-likeness (QED) is 0.895. The zero-order chi connectivity index (χ0) is 14.6. The molecule has 0 spiro atoms. The molecule has 19 heavy (non-hydrogen) atoms. The maximum Gasteiger partial charge on any atom is 0.408 e. The maximum atomic E-state index is 11.6. The minimum Gasteiger partial charge on any atom is -0.444 e. The standard InChI is InChI=1S/C13H14Cl2N2O2/c1-13(2,3)19-12(18)17-11(7-16)8-4-5-9(14)10(15)6-8/h4-6,11H,1-3H3,(H,17,18)/t11-/m1/s1. The number of carbonyl (C=O) groups is 1. The lowest BCUT2D eigenvalue weighted by Gasteiger charge is -2.21. The van der Waals surface area contributed by atoms with Crippen LogP contribution in [0.2, 0.25) is 10.0 Å². The van der Waals surface area contributed by atoms with Crippen LogP contribution in [0.25, 0.3) is 0 Å². The molecule has 0 radical (unpaired) electrons. The van der Waals surface area contributed by atoms with E-state index in [0.717, 1.165) is 0 Å². The SMILES string of the molecule is CC(C)(C)OC(=O)N[C@H](C#N)c1ccc(Cl)c(Cl)c1. The summed E-state index contributed by atoms with van der Waals surface area (Å²) in [5.41, 5.74) is -0.0791. The van der Waals surface area contributed by atoms with Crippen molar-refractivity contribution in [1.82, 2.24) is 5.32 Å². The topological polar surface area (TPSA) is 62.1 Å². The van der Waals surface area contributed by atoms with Crippen LogP contribution in [0.5, 0.6) is 0 Å². The van der Waals surface area contributed by atoms with Gasteiger partial charge in [0.05, 0.1) is 16.1 Å². The molecule has 0 aliphatic rings. The average molecular weight is 301 g/mol. The van der Waals surface area contributed by atoms with E-state index >= 15 is 0 Å². The lowest BCUT2D eigenvalue weighted by atomic mass is 10.1. The van der Waals surface area contributed by atoms with Gasteiger partial charge in [0.2, 0.25) is 0 Å². The van der Waals surface area contributed by atoms with E-state index in [9.17, 15) is 4.79 Å². The van der Waals surface area contributed by atoms with Crippen molar-refractivity contribution in [3.63, 3.8) is 0 Å². The van der Waals surface area contributed by atoms with Crippen LogP contribution >= 0.6 is 23.2 Å². The highest BCUT2D eigenvalue weighted by Gasteiger charge is 2.20. The van der Waals surface area contributed by atoms with Crippen molar-refractivity contribution in [3.05, 3.63) is 33.8 Å². The highest BCUT2D eigenvalue weighted by molar-refractivity contribution is 6.42. The van der Waals surface area contributed by atoms with E-state index in [4.69, 9.17) is 33.2 Å². The van der Waals surface area contributed by atoms with Gasteiger partial charge in [-0.05, 0) is 38.5 Å². The van der Waals surface area contributed by atoms with Gasteiger partial charge >= 0.3 is 6.09 Å². The summed E-state index contributed by atoms with van der Waals surface area (Å²) < 4.78 is 5.09. The van der Waals surface area contributed by atoms with Crippen LogP contribution in [0.3, 0.4) is 0 Å². The highest BCUT2D eigenvalue weighted by Crippen LogP contribution is 2.25. The first kappa shape index (κ1) is 15.6. The minimum absolute atomic E-state index is 0.324. The van der Waals surface area contributed by atoms with E-state index < -0.39 is 17.7 Å². The van der Waals surface area contributed by atoms with Crippen molar-refractivity contribution in [2.24, 2.45) is 0 Å². The molecule has 1 rings (SSSR count). The van der Waals surface area contributed by atoms with Gasteiger partial charge in [-0.25, -0.2) is 4.79 Å². The highest BCUT2D eigenvalue weighted by atomic mass is 35.5. The number of ether oxygens (including phenoxy) is 1. The fourth-order valence-corrected chi connectivity index (χ4v) is 1.61. The predicted molar refractivity (Wildman–Crippen MR) is 74.2 cm³/mol. The van der Waals surface area contributed by atoms with E-state index in [2.05, 4.69) is 5.32 Å². The molecule has 0 unspecified atom stereocenters. The van der Waals surface area contributed by atoms with Crippen molar-refractivity contribution in [1.29, 1.82) is 5.26 Å². The number of nitrogens with one attached hydrogen (secondary N) is 1. The third-order valence-electron chi connectivity index (χ3n) is 2.07. The fourth-order valence-electron chi connectivity index (χ4n) is 1.31. The van der Waals surface area contributed by atoms with Gasteiger partial charge in [0, 0.05) is 0 Å². The number of alkyl carbamates (subject to hydrolysis) is 1. The molecule has 102 valence electrons. The molecule has 4 nitrogen and oxygen atoms in total. The minimum atomic E-state index is -0.843.